The van der Waals surface area contributed by atoms with Gasteiger partial charge in [0.15, 0.2) is 11.3 Å². The minimum Gasteiger partial charge on any atom is -0.319 e. The molecule has 0 bridgehead atoms. The molecular weight excluding hydrogens is 388 g/mol. The number of hydrogen-bond acceptors (Lipinski definition) is 5. The molecule has 0 spiro atoms. The second kappa shape index (κ2) is 6.93. The van der Waals surface area contributed by atoms with E-state index in [1.165, 1.54) is 6.20 Å². The van der Waals surface area contributed by atoms with Gasteiger partial charge in [-0.1, -0.05) is 29.8 Å². The van der Waals surface area contributed by atoms with E-state index in [0.717, 1.165) is 35.3 Å². The number of rotatable bonds is 4. The summed E-state index contributed by atoms with van der Waals surface area (Å²) in [5.74, 6) is 0.630. The molecule has 1 fully saturated rings. The van der Waals surface area contributed by atoms with Crippen LogP contribution in [0.4, 0.5) is 5.69 Å². The summed E-state index contributed by atoms with van der Waals surface area (Å²) in [5.41, 5.74) is 3.21. The van der Waals surface area contributed by atoms with Crippen molar-refractivity contribution in [1.29, 1.82) is 0 Å². The van der Waals surface area contributed by atoms with E-state index < -0.39 is 0 Å². The van der Waals surface area contributed by atoms with Crippen LogP contribution in [0.15, 0.2) is 48.8 Å². The molecule has 0 aliphatic heterocycles. The summed E-state index contributed by atoms with van der Waals surface area (Å²) in [5, 5.41) is 8.52. The minimum atomic E-state index is -0.381. The summed E-state index contributed by atoms with van der Waals surface area (Å²) in [6.07, 6.45) is 5.20. The van der Waals surface area contributed by atoms with Gasteiger partial charge >= 0.3 is 0 Å². The van der Waals surface area contributed by atoms with Gasteiger partial charge in [0.2, 0.25) is 0 Å². The molecule has 3 heterocycles. The minimum absolute atomic E-state index is 0.181. The first-order valence-electron chi connectivity index (χ1n) is 9.35. The van der Waals surface area contributed by atoms with E-state index in [0.29, 0.717) is 17.4 Å². The molecule has 5 rings (SSSR count). The third kappa shape index (κ3) is 3.34. The number of anilines is 1. The first-order valence-corrected chi connectivity index (χ1v) is 9.72. The quantitative estimate of drug-likeness (QED) is 0.548. The van der Waals surface area contributed by atoms with Crippen LogP contribution in [0.3, 0.4) is 0 Å². The van der Waals surface area contributed by atoms with Crippen LogP contribution in [0.1, 0.15) is 40.8 Å². The van der Waals surface area contributed by atoms with Crippen molar-refractivity contribution >= 4 is 34.2 Å². The molecule has 0 radical (unpaired) electrons. The molecule has 3 aromatic heterocycles. The number of nitrogens with zero attached hydrogens (tertiary/aromatic N) is 5. The lowest BCUT2D eigenvalue weighted by molar-refractivity contribution is 0.102. The van der Waals surface area contributed by atoms with Crippen molar-refractivity contribution in [3.8, 4) is 5.69 Å². The highest BCUT2D eigenvalue weighted by atomic mass is 35.5. The number of nitrogens with one attached hydrogen (secondary N) is 1. The Kier molecular flexibility index (Phi) is 4.24. The molecule has 1 aromatic carbocycles. The first-order chi connectivity index (χ1) is 14.1. The third-order valence-electron chi connectivity index (χ3n) is 4.89. The summed E-state index contributed by atoms with van der Waals surface area (Å²) in [6, 6.07) is 11.7. The Bertz CT molecular complexity index is 1230. The van der Waals surface area contributed by atoms with Crippen LogP contribution in [0.2, 0.25) is 5.02 Å². The number of pyridine rings is 1. The summed E-state index contributed by atoms with van der Waals surface area (Å²) in [4.78, 5) is 25.9. The van der Waals surface area contributed by atoms with Crippen LogP contribution in [0, 0.1) is 6.92 Å². The normalized spacial score (nSPS) is 13.6. The highest BCUT2D eigenvalue weighted by Crippen LogP contribution is 2.38. The van der Waals surface area contributed by atoms with Crippen LogP contribution in [0.5, 0.6) is 0 Å². The number of benzene rings is 1. The standard InChI is InChI=1S/C21H17ClN6O/c1-12-16-9-14(10-24-20(16)28(27-12)15-5-3-2-4-6-15)25-21(29)18-17(22)11-23-19(26-18)13-7-8-13/h2-6,9-11,13H,7-8H2,1H3,(H,25,29). The fourth-order valence-electron chi connectivity index (χ4n) is 3.23. The Hall–Kier alpha value is -3.32. The molecule has 4 aromatic rings. The molecule has 0 unspecified atom stereocenters. The summed E-state index contributed by atoms with van der Waals surface area (Å²) in [7, 11) is 0. The fraction of sp³-hybridized carbons (Fsp3) is 0.190. The Labute approximate surface area is 171 Å². The van der Waals surface area contributed by atoms with Crippen molar-refractivity contribution in [1.82, 2.24) is 24.7 Å². The zero-order chi connectivity index (χ0) is 20.0. The molecule has 0 saturated heterocycles. The summed E-state index contributed by atoms with van der Waals surface area (Å²) < 4.78 is 1.79. The van der Waals surface area contributed by atoms with E-state index in [1.807, 2.05) is 43.3 Å². The second-order valence-corrected chi connectivity index (χ2v) is 7.49. The highest BCUT2D eigenvalue weighted by Gasteiger charge is 2.28. The number of aryl methyl sites for hydroxylation is 1. The third-order valence-corrected chi connectivity index (χ3v) is 5.16. The van der Waals surface area contributed by atoms with E-state index in [2.05, 4.69) is 25.4 Å². The Morgan fingerprint density at radius 1 is 1.17 bits per heavy atom. The Morgan fingerprint density at radius 3 is 2.72 bits per heavy atom. The van der Waals surface area contributed by atoms with E-state index in [9.17, 15) is 4.79 Å². The maximum atomic E-state index is 12.7. The van der Waals surface area contributed by atoms with Crippen molar-refractivity contribution in [3.63, 3.8) is 0 Å². The van der Waals surface area contributed by atoms with E-state index in [4.69, 9.17) is 11.6 Å². The lowest BCUT2D eigenvalue weighted by Gasteiger charge is -2.08. The van der Waals surface area contributed by atoms with Crippen LogP contribution < -0.4 is 5.32 Å². The number of carbonyl (C=O) groups excluding carboxylic acids is 1. The van der Waals surface area contributed by atoms with E-state index in [1.54, 1.807) is 10.9 Å². The fourth-order valence-corrected chi connectivity index (χ4v) is 3.41. The zero-order valence-corrected chi connectivity index (χ0v) is 16.4. The van der Waals surface area contributed by atoms with Crippen molar-refractivity contribution in [2.45, 2.75) is 25.7 Å². The molecule has 7 nitrogen and oxygen atoms in total. The van der Waals surface area contributed by atoms with Crippen molar-refractivity contribution in [2.75, 3.05) is 5.32 Å². The van der Waals surface area contributed by atoms with E-state index >= 15 is 0 Å². The molecule has 1 N–H and O–H groups in total. The molecule has 144 valence electrons. The van der Waals surface area contributed by atoms with Crippen LogP contribution >= 0.6 is 11.6 Å². The molecule has 0 atom stereocenters. The van der Waals surface area contributed by atoms with E-state index in [-0.39, 0.29) is 16.6 Å². The first kappa shape index (κ1) is 17.8. The number of fused-ring (bicyclic) bond motifs is 1. The van der Waals surface area contributed by atoms with Crippen molar-refractivity contribution in [2.24, 2.45) is 0 Å². The molecule has 1 saturated carbocycles. The van der Waals surface area contributed by atoms with Gasteiger partial charge in [0.05, 0.1) is 34.5 Å². The average molecular weight is 405 g/mol. The molecule has 8 heteroatoms. The Morgan fingerprint density at radius 2 is 1.97 bits per heavy atom. The van der Waals surface area contributed by atoms with Gasteiger partial charge in [-0.2, -0.15) is 5.10 Å². The van der Waals surface area contributed by atoms with Gasteiger partial charge in [0.25, 0.3) is 5.91 Å². The maximum Gasteiger partial charge on any atom is 0.275 e. The van der Waals surface area contributed by atoms with Crippen LogP contribution in [0.25, 0.3) is 16.7 Å². The van der Waals surface area contributed by atoms with Gasteiger partial charge in [-0.15, -0.1) is 0 Å². The maximum absolute atomic E-state index is 12.7. The number of aromatic nitrogens is 5. The van der Waals surface area contributed by atoms with Gasteiger partial charge < -0.3 is 5.32 Å². The second-order valence-electron chi connectivity index (χ2n) is 7.08. The predicted molar refractivity (Wildman–Crippen MR) is 111 cm³/mol. The summed E-state index contributed by atoms with van der Waals surface area (Å²) >= 11 is 6.16. The number of carbonyl (C=O) groups is 1. The zero-order valence-electron chi connectivity index (χ0n) is 15.6. The predicted octanol–water partition coefficient (Wildman–Crippen LogP) is 4.30. The number of para-hydroxylation sites is 1. The summed E-state index contributed by atoms with van der Waals surface area (Å²) in [6.45, 7) is 1.91. The SMILES string of the molecule is Cc1nn(-c2ccccc2)c2ncc(NC(=O)c3nc(C4CC4)ncc3Cl)cc12. The van der Waals surface area contributed by atoms with Gasteiger partial charge in [-0.05, 0) is 38.0 Å². The number of halogens is 1. The monoisotopic (exact) mass is 404 g/mol. The van der Waals surface area contributed by atoms with Crippen molar-refractivity contribution in [3.05, 3.63) is 71.0 Å². The number of hydrogen-bond donors (Lipinski definition) is 1. The lowest BCUT2D eigenvalue weighted by atomic mass is 10.2. The van der Waals surface area contributed by atoms with Crippen molar-refractivity contribution < 1.29 is 4.79 Å². The number of amides is 1. The highest BCUT2D eigenvalue weighted by molar-refractivity contribution is 6.33. The van der Waals surface area contributed by atoms with Crippen LogP contribution in [-0.4, -0.2) is 30.6 Å². The van der Waals surface area contributed by atoms with Gasteiger partial charge in [0.1, 0.15) is 5.82 Å². The molecule has 1 amide bonds. The molecular formula is C21H17ClN6O. The average Bonchev–Trinajstić information content (AvgIpc) is 3.53. The van der Waals surface area contributed by atoms with Gasteiger partial charge in [-0.25, -0.2) is 19.6 Å². The smallest absolute Gasteiger partial charge is 0.275 e. The molecule has 29 heavy (non-hydrogen) atoms. The Balaban J connectivity index is 1.46. The van der Waals surface area contributed by atoms with Gasteiger partial charge in [-0.3, -0.25) is 4.79 Å². The van der Waals surface area contributed by atoms with Crippen LogP contribution in [-0.2, 0) is 0 Å². The van der Waals surface area contributed by atoms with Gasteiger partial charge in [0, 0.05) is 11.3 Å². The molecule has 1 aliphatic rings. The largest absolute Gasteiger partial charge is 0.319 e. The lowest BCUT2D eigenvalue weighted by Crippen LogP contribution is -2.16. The molecule has 1 aliphatic carbocycles. The topological polar surface area (TPSA) is 85.6 Å².